The van der Waals surface area contributed by atoms with E-state index in [0.29, 0.717) is 16.3 Å². The summed E-state index contributed by atoms with van der Waals surface area (Å²) in [5, 5.41) is 14.8. The molecular formula is C18H19ClN2O5. The molecule has 26 heavy (non-hydrogen) atoms. The minimum Gasteiger partial charge on any atom is -0.481 e. The van der Waals surface area contributed by atoms with Crippen LogP contribution < -0.4 is 10.6 Å². The Morgan fingerprint density at radius 1 is 1.23 bits per heavy atom. The van der Waals surface area contributed by atoms with Gasteiger partial charge in [-0.1, -0.05) is 17.7 Å². The number of carboxylic acid groups (broad SMARTS) is 1. The first-order valence-corrected chi connectivity index (χ1v) is 8.29. The van der Waals surface area contributed by atoms with Crippen LogP contribution in [0.2, 0.25) is 5.02 Å². The summed E-state index contributed by atoms with van der Waals surface area (Å²) in [6.07, 6.45) is 1.01. The number of aryl methyl sites for hydroxylation is 1. The second kappa shape index (κ2) is 8.53. The second-order valence-corrected chi connectivity index (χ2v) is 6.16. The average molecular weight is 379 g/mol. The molecule has 0 saturated heterocycles. The van der Waals surface area contributed by atoms with Crippen LogP contribution in [0.25, 0.3) is 0 Å². The van der Waals surface area contributed by atoms with E-state index in [1.807, 2.05) is 0 Å². The summed E-state index contributed by atoms with van der Waals surface area (Å²) >= 11 is 6.01. The van der Waals surface area contributed by atoms with Gasteiger partial charge in [-0.2, -0.15) is 0 Å². The Morgan fingerprint density at radius 3 is 2.65 bits per heavy atom. The molecule has 1 heterocycles. The molecule has 138 valence electrons. The molecule has 7 nitrogen and oxygen atoms in total. The van der Waals surface area contributed by atoms with E-state index in [4.69, 9.17) is 21.1 Å². The molecule has 0 fully saturated rings. The van der Waals surface area contributed by atoms with Crippen molar-refractivity contribution < 1.29 is 23.9 Å². The third-order valence-corrected chi connectivity index (χ3v) is 4.18. The smallest absolute Gasteiger partial charge is 0.311 e. The van der Waals surface area contributed by atoms with Gasteiger partial charge in [0.25, 0.3) is 5.91 Å². The molecule has 0 aliphatic rings. The number of anilines is 1. The van der Waals surface area contributed by atoms with Gasteiger partial charge in [-0.3, -0.25) is 14.4 Å². The zero-order chi connectivity index (χ0) is 19.3. The van der Waals surface area contributed by atoms with E-state index in [1.54, 1.807) is 32.0 Å². The Balaban J connectivity index is 1.90. The van der Waals surface area contributed by atoms with Gasteiger partial charge in [-0.05, 0) is 31.5 Å². The van der Waals surface area contributed by atoms with Crippen molar-refractivity contribution in [2.75, 3.05) is 11.9 Å². The summed E-state index contributed by atoms with van der Waals surface area (Å²) in [7, 11) is 0. The van der Waals surface area contributed by atoms with Crippen LogP contribution >= 0.6 is 11.6 Å². The minimum atomic E-state index is -1.09. The van der Waals surface area contributed by atoms with E-state index >= 15 is 0 Å². The molecular weight excluding hydrogens is 360 g/mol. The van der Waals surface area contributed by atoms with Gasteiger partial charge in [-0.25, -0.2) is 0 Å². The van der Waals surface area contributed by atoms with Gasteiger partial charge in [-0.15, -0.1) is 0 Å². The van der Waals surface area contributed by atoms with Gasteiger partial charge in [0.05, 0.1) is 11.8 Å². The molecule has 0 radical (unpaired) electrons. The average Bonchev–Trinajstić information content (AvgIpc) is 2.91. The number of nitrogens with one attached hydrogen (secondary N) is 2. The number of carboxylic acids is 1. The first-order chi connectivity index (χ1) is 12.3. The van der Waals surface area contributed by atoms with Crippen LogP contribution in [0.4, 0.5) is 5.69 Å². The third kappa shape index (κ3) is 4.86. The number of furan rings is 1. The molecule has 0 bridgehead atoms. The van der Waals surface area contributed by atoms with E-state index in [9.17, 15) is 14.4 Å². The third-order valence-electron chi connectivity index (χ3n) is 3.77. The van der Waals surface area contributed by atoms with Gasteiger partial charge < -0.3 is 20.2 Å². The van der Waals surface area contributed by atoms with Crippen molar-refractivity contribution in [1.29, 1.82) is 0 Å². The minimum absolute atomic E-state index is 0.0584. The summed E-state index contributed by atoms with van der Waals surface area (Å²) in [6, 6.07) is 5.21. The van der Waals surface area contributed by atoms with E-state index in [-0.39, 0.29) is 36.6 Å². The van der Waals surface area contributed by atoms with Crippen molar-refractivity contribution in [3.8, 4) is 0 Å². The monoisotopic (exact) mass is 378 g/mol. The Labute approximate surface area is 155 Å². The fourth-order valence-corrected chi connectivity index (χ4v) is 2.58. The standard InChI is InChI=1S/C18H19ClN2O5/c1-10-9-26-14(8-16(23)24)17(10)18(25)20-7-6-15(22)21-13-5-3-4-12(19)11(13)2/h3-5,9H,6-8H2,1-2H3,(H,20,25)(H,21,22)(H,23,24). The summed E-state index contributed by atoms with van der Waals surface area (Å²) in [4.78, 5) is 35.1. The fraction of sp³-hybridized carbons (Fsp3) is 0.278. The first kappa shape index (κ1) is 19.5. The number of halogens is 1. The van der Waals surface area contributed by atoms with Crippen molar-refractivity contribution in [3.63, 3.8) is 0 Å². The zero-order valence-corrected chi connectivity index (χ0v) is 15.1. The lowest BCUT2D eigenvalue weighted by Crippen LogP contribution is -2.28. The Morgan fingerprint density at radius 2 is 1.96 bits per heavy atom. The summed E-state index contributed by atoms with van der Waals surface area (Å²) in [5.41, 5.74) is 2.11. The van der Waals surface area contributed by atoms with E-state index in [2.05, 4.69) is 10.6 Å². The predicted octanol–water partition coefficient (Wildman–Crippen LogP) is 2.94. The van der Waals surface area contributed by atoms with Gasteiger partial charge in [0.15, 0.2) is 0 Å². The molecule has 3 N–H and O–H groups in total. The topological polar surface area (TPSA) is 109 Å². The lowest BCUT2D eigenvalue weighted by atomic mass is 10.1. The van der Waals surface area contributed by atoms with E-state index in [1.165, 1.54) is 6.26 Å². The van der Waals surface area contributed by atoms with Crippen LogP contribution in [0.5, 0.6) is 0 Å². The largest absolute Gasteiger partial charge is 0.481 e. The highest BCUT2D eigenvalue weighted by molar-refractivity contribution is 6.31. The quantitative estimate of drug-likeness (QED) is 0.686. The molecule has 0 aliphatic heterocycles. The van der Waals surface area contributed by atoms with Crippen molar-refractivity contribution in [2.45, 2.75) is 26.7 Å². The molecule has 0 spiro atoms. The molecule has 0 unspecified atom stereocenters. The maximum Gasteiger partial charge on any atom is 0.311 e. The summed E-state index contributed by atoms with van der Waals surface area (Å²) in [5.74, 6) is -1.75. The zero-order valence-electron chi connectivity index (χ0n) is 14.4. The predicted molar refractivity (Wildman–Crippen MR) is 96.6 cm³/mol. The van der Waals surface area contributed by atoms with Crippen LogP contribution in [-0.2, 0) is 16.0 Å². The number of carbonyl (C=O) groups excluding carboxylic acids is 2. The summed E-state index contributed by atoms with van der Waals surface area (Å²) in [6.45, 7) is 3.55. The number of rotatable bonds is 7. The van der Waals surface area contributed by atoms with Crippen molar-refractivity contribution in [1.82, 2.24) is 5.32 Å². The van der Waals surface area contributed by atoms with E-state index < -0.39 is 11.9 Å². The van der Waals surface area contributed by atoms with Gasteiger partial charge in [0.1, 0.15) is 12.2 Å². The number of amides is 2. The lowest BCUT2D eigenvalue weighted by molar-refractivity contribution is -0.136. The molecule has 0 saturated carbocycles. The maximum atomic E-state index is 12.3. The number of carbonyl (C=O) groups is 3. The van der Waals surface area contributed by atoms with E-state index in [0.717, 1.165) is 5.56 Å². The van der Waals surface area contributed by atoms with Gasteiger partial charge >= 0.3 is 5.97 Å². The van der Waals surface area contributed by atoms with Crippen molar-refractivity contribution >= 4 is 35.1 Å². The first-order valence-electron chi connectivity index (χ1n) is 7.91. The highest BCUT2D eigenvalue weighted by atomic mass is 35.5. The molecule has 0 aliphatic carbocycles. The Hall–Kier alpha value is -2.80. The van der Waals surface area contributed by atoms with Gasteiger partial charge in [0.2, 0.25) is 5.91 Å². The van der Waals surface area contributed by atoms with Crippen LogP contribution in [-0.4, -0.2) is 29.4 Å². The Bertz CT molecular complexity index is 844. The SMILES string of the molecule is Cc1coc(CC(=O)O)c1C(=O)NCCC(=O)Nc1cccc(Cl)c1C. The fourth-order valence-electron chi connectivity index (χ4n) is 2.40. The molecule has 1 aromatic carbocycles. The molecule has 8 heteroatoms. The molecule has 2 rings (SSSR count). The highest BCUT2D eigenvalue weighted by Crippen LogP contribution is 2.23. The molecule has 2 amide bonds. The van der Waals surface area contributed by atoms with Crippen LogP contribution in [0.3, 0.4) is 0 Å². The van der Waals surface area contributed by atoms with Crippen molar-refractivity contribution in [2.24, 2.45) is 0 Å². The molecule has 0 atom stereocenters. The summed E-state index contributed by atoms with van der Waals surface area (Å²) < 4.78 is 5.12. The highest BCUT2D eigenvalue weighted by Gasteiger charge is 2.20. The lowest BCUT2D eigenvalue weighted by Gasteiger charge is -2.10. The Kier molecular flexibility index (Phi) is 6.41. The number of hydrogen-bond donors (Lipinski definition) is 3. The number of aliphatic carboxylic acids is 1. The molecule has 2 aromatic rings. The van der Waals surface area contributed by atoms with Gasteiger partial charge in [0, 0.05) is 29.2 Å². The van der Waals surface area contributed by atoms with Crippen molar-refractivity contribution in [3.05, 3.63) is 51.9 Å². The van der Waals surface area contributed by atoms with Crippen LogP contribution in [0, 0.1) is 13.8 Å². The normalized spacial score (nSPS) is 10.4. The second-order valence-electron chi connectivity index (χ2n) is 5.75. The molecule has 1 aromatic heterocycles. The number of benzene rings is 1. The number of hydrogen-bond acceptors (Lipinski definition) is 4. The maximum absolute atomic E-state index is 12.3. The van der Waals surface area contributed by atoms with Crippen LogP contribution in [0.15, 0.2) is 28.9 Å². The van der Waals surface area contributed by atoms with Crippen LogP contribution in [0.1, 0.15) is 33.7 Å².